The molecule has 0 radical (unpaired) electrons. The maximum atomic E-state index is 12.5. The molecule has 0 unspecified atom stereocenters. The Bertz CT molecular complexity index is 1110. The van der Waals surface area contributed by atoms with Crippen LogP contribution >= 0.6 is 24.8 Å². The summed E-state index contributed by atoms with van der Waals surface area (Å²) in [5, 5.41) is 13.2. The summed E-state index contributed by atoms with van der Waals surface area (Å²) in [6.45, 7) is 3.79. The number of halogens is 2. The number of aromatic nitrogens is 1. The van der Waals surface area contributed by atoms with E-state index in [9.17, 15) is 14.7 Å². The molecular weight excluding hydrogens is 461 g/mol. The quantitative estimate of drug-likeness (QED) is 0.483. The number of carboxylic acid groups (broad SMARTS) is 1. The van der Waals surface area contributed by atoms with E-state index in [4.69, 9.17) is 4.98 Å². The van der Waals surface area contributed by atoms with Gasteiger partial charge in [0.05, 0.1) is 17.5 Å². The fourth-order valence-corrected chi connectivity index (χ4v) is 4.02. The standard InChI is InChI=1S/C25H27N3O3.2ClH/c1-17-6-8-18(9-7-17)14-24(29)26-19-10-11-22-20(15-19)21(25(30)31)16-23(27-22)28-12-4-2-3-5-13-28;;/h6-11,15-16H,2-5,12-14H2,1H3,(H,26,29)(H,30,31);2*1H. The molecule has 2 N–H and O–H groups in total. The fourth-order valence-electron chi connectivity index (χ4n) is 4.02. The Morgan fingerprint density at radius 3 is 2.27 bits per heavy atom. The molecule has 1 aromatic heterocycles. The molecule has 33 heavy (non-hydrogen) atoms. The minimum atomic E-state index is -0.994. The summed E-state index contributed by atoms with van der Waals surface area (Å²) in [6.07, 6.45) is 4.83. The Kier molecular flexibility index (Phi) is 9.50. The number of aromatic carboxylic acids is 1. The molecule has 0 spiro atoms. The van der Waals surface area contributed by atoms with Gasteiger partial charge in [0.1, 0.15) is 5.82 Å². The van der Waals surface area contributed by atoms with Gasteiger partial charge in [-0.15, -0.1) is 24.8 Å². The molecular formula is C25H29Cl2N3O3. The fraction of sp³-hybridized carbons (Fsp3) is 0.320. The van der Waals surface area contributed by atoms with Gasteiger partial charge in [-0.1, -0.05) is 42.7 Å². The van der Waals surface area contributed by atoms with Crippen molar-refractivity contribution in [1.82, 2.24) is 4.98 Å². The van der Waals surface area contributed by atoms with Crippen LogP contribution in [0.25, 0.3) is 10.9 Å². The van der Waals surface area contributed by atoms with Crippen molar-refractivity contribution in [2.24, 2.45) is 0 Å². The highest BCUT2D eigenvalue weighted by molar-refractivity contribution is 6.05. The molecule has 8 heteroatoms. The predicted molar refractivity (Wildman–Crippen MR) is 137 cm³/mol. The summed E-state index contributed by atoms with van der Waals surface area (Å²) in [7, 11) is 0. The number of nitrogens with zero attached hydrogens (tertiary/aromatic N) is 2. The summed E-state index contributed by atoms with van der Waals surface area (Å²) in [5.41, 5.74) is 3.47. The average molecular weight is 490 g/mol. The maximum absolute atomic E-state index is 12.5. The second-order valence-corrected chi connectivity index (χ2v) is 8.18. The number of anilines is 2. The van der Waals surface area contributed by atoms with Crippen molar-refractivity contribution in [3.8, 4) is 0 Å². The number of aryl methyl sites for hydroxylation is 1. The number of fused-ring (bicyclic) bond motifs is 1. The van der Waals surface area contributed by atoms with Gasteiger partial charge in [0, 0.05) is 24.2 Å². The van der Waals surface area contributed by atoms with E-state index in [-0.39, 0.29) is 42.7 Å². The summed E-state index contributed by atoms with van der Waals surface area (Å²) in [4.78, 5) is 31.4. The lowest BCUT2D eigenvalue weighted by molar-refractivity contribution is -0.115. The smallest absolute Gasteiger partial charge is 0.336 e. The lowest BCUT2D eigenvalue weighted by atomic mass is 10.1. The second-order valence-electron chi connectivity index (χ2n) is 8.18. The highest BCUT2D eigenvalue weighted by Gasteiger charge is 2.18. The summed E-state index contributed by atoms with van der Waals surface area (Å²) < 4.78 is 0. The lowest BCUT2D eigenvalue weighted by Gasteiger charge is -2.22. The summed E-state index contributed by atoms with van der Waals surface area (Å²) >= 11 is 0. The van der Waals surface area contributed by atoms with Crippen molar-refractivity contribution >= 4 is 59.1 Å². The van der Waals surface area contributed by atoms with Crippen LogP contribution in [-0.4, -0.2) is 35.1 Å². The highest BCUT2D eigenvalue weighted by Crippen LogP contribution is 2.27. The third-order valence-corrected chi connectivity index (χ3v) is 5.72. The number of carboxylic acids is 1. The first-order valence-electron chi connectivity index (χ1n) is 10.8. The largest absolute Gasteiger partial charge is 0.478 e. The SMILES string of the molecule is Cc1ccc(CC(=O)Nc2ccc3nc(N4CCCCCC4)cc(C(=O)O)c3c2)cc1.Cl.Cl. The van der Waals surface area contributed by atoms with Gasteiger partial charge in [0.15, 0.2) is 0 Å². The molecule has 3 aromatic rings. The summed E-state index contributed by atoms with van der Waals surface area (Å²) in [6, 6.07) is 14.7. The number of carbonyl (C=O) groups is 2. The van der Waals surface area contributed by atoms with Crippen LogP contribution in [0.5, 0.6) is 0 Å². The molecule has 4 rings (SSSR count). The van der Waals surface area contributed by atoms with Crippen LogP contribution in [-0.2, 0) is 11.2 Å². The molecule has 1 amide bonds. The molecule has 1 fully saturated rings. The van der Waals surface area contributed by atoms with Crippen LogP contribution in [0.1, 0.15) is 47.2 Å². The van der Waals surface area contributed by atoms with Crippen molar-refractivity contribution in [1.29, 1.82) is 0 Å². The molecule has 0 bridgehead atoms. The number of rotatable bonds is 5. The number of hydrogen-bond donors (Lipinski definition) is 2. The van der Waals surface area contributed by atoms with Crippen molar-refractivity contribution in [3.05, 3.63) is 65.2 Å². The first-order chi connectivity index (χ1) is 15.0. The van der Waals surface area contributed by atoms with E-state index in [1.807, 2.05) is 31.2 Å². The van der Waals surface area contributed by atoms with Crippen molar-refractivity contribution in [2.75, 3.05) is 23.3 Å². The summed E-state index contributed by atoms with van der Waals surface area (Å²) in [5.74, 6) is -0.427. The second kappa shape index (κ2) is 11.9. The maximum Gasteiger partial charge on any atom is 0.336 e. The van der Waals surface area contributed by atoms with Gasteiger partial charge in [0.2, 0.25) is 5.91 Å². The predicted octanol–water partition coefficient (Wildman–Crippen LogP) is 5.65. The van der Waals surface area contributed by atoms with E-state index < -0.39 is 5.97 Å². The van der Waals surface area contributed by atoms with Gasteiger partial charge in [-0.05, 0) is 49.6 Å². The number of amides is 1. The molecule has 6 nitrogen and oxygen atoms in total. The third kappa shape index (κ3) is 6.59. The Hall–Kier alpha value is -2.83. The van der Waals surface area contributed by atoms with Crippen molar-refractivity contribution in [3.63, 3.8) is 0 Å². The van der Waals surface area contributed by atoms with Crippen LogP contribution < -0.4 is 10.2 Å². The van der Waals surface area contributed by atoms with Crippen LogP contribution in [0.4, 0.5) is 11.5 Å². The first-order valence-corrected chi connectivity index (χ1v) is 10.8. The van der Waals surface area contributed by atoms with Crippen LogP contribution in [0, 0.1) is 6.92 Å². The molecule has 2 heterocycles. The monoisotopic (exact) mass is 489 g/mol. The van der Waals surface area contributed by atoms with Crippen molar-refractivity contribution in [2.45, 2.75) is 39.0 Å². The minimum Gasteiger partial charge on any atom is -0.478 e. The van der Waals surface area contributed by atoms with E-state index >= 15 is 0 Å². The number of hydrogen-bond acceptors (Lipinski definition) is 4. The van der Waals surface area contributed by atoms with Crippen molar-refractivity contribution < 1.29 is 14.7 Å². The Balaban J connectivity index is 0.00000193. The molecule has 176 valence electrons. The molecule has 0 aliphatic carbocycles. The number of benzene rings is 2. The molecule has 1 aliphatic rings. The van der Waals surface area contributed by atoms with Crippen LogP contribution in [0.3, 0.4) is 0 Å². The molecule has 0 atom stereocenters. The number of nitrogens with one attached hydrogen (secondary N) is 1. The Morgan fingerprint density at radius 1 is 0.970 bits per heavy atom. The highest BCUT2D eigenvalue weighted by atomic mass is 35.5. The van der Waals surface area contributed by atoms with E-state index in [1.165, 1.54) is 12.8 Å². The van der Waals surface area contributed by atoms with Gasteiger partial charge in [-0.2, -0.15) is 0 Å². The van der Waals surface area contributed by atoms with Gasteiger partial charge < -0.3 is 15.3 Å². The van der Waals surface area contributed by atoms with E-state index in [0.29, 0.717) is 22.4 Å². The van der Waals surface area contributed by atoms with Crippen LogP contribution in [0.15, 0.2) is 48.5 Å². The molecule has 2 aromatic carbocycles. The van der Waals surface area contributed by atoms with E-state index in [1.54, 1.807) is 24.3 Å². The number of pyridine rings is 1. The zero-order chi connectivity index (χ0) is 21.8. The normalized spacial score (nSPS) is 13.4. The van der Waals surface area contributed by atoms with Gasteiger partial charge in [-0.3, -0.25) is 4.79 Å². The minimum absolute atomic E-state index is 0. The molecule has 0 saturated carbocycles. The zero-order valence-electron chi connectivity index (χ0n) is 18.5. The Labute approximate surface area is 206 Å². The molecule has 1 aliphatic heterocycles. The average Bonchev–Trinajstić information content (AvgIpc) is 3.04. The van der Waals surface area contributed by atoms with Crippen LogP contribution in [0.2, 0.25) is 0 Å². The van der Waals surface area contributed by atoms with Gasteiger partial charge >= 0.3 is 5.97 Å². The Morgan fingerprint density at radius 2 is 1.64 bits per heavy atom. The molecule has 1 saturated heterocycles. The van der Waals surface area contributed by atoms with Gasteiger partial charge in [-0.25, -0.2) is 9.78 Å². The zero-order valence-corrected chi connectivity index (χ0v) is 20.2. The topological polar surface area (TPSA) is 82.5 Å². The van der Waals surface area contributed by atoms with E-state index in [2.05, 4.69) is 10.2 Å². The first kappa shape index (κ1) is 26.4. The third-order valence-electron chi connectivity index (χ3n) is 5.72. The van der Waals surface area contributed by atoms with Gasteiger partial charge in [0.25, 0.3) is 0 Å². The van der Waals surface area contributed by atoms with E-state index in [0.717, 1.165) is 37.1 Å². The number of carbonyl (C=O) groups excluding carboxylic acids is 1. The lowest BCUT2D eigenvalue weighted by Crippen LogP contribution is -2.25.